The van der Waals surface area contributed by atoms with Gasteiger partial charge in [0.25, 0.3) is 0 Å². The van der Waals surface area contributed by atoms with Gasteiger partial charge in [0.05, 0.1) is 0 Å². The largest absolute Gasteiger partial charge is 0.488 e. The quantitative estimate of drug-likeness (QED) is 0.800. The lowest BCUT2D eigenvalue weighted by Crippen LogP contribution is -2.41. The zero-order valence-corrected chi connectivity index (χ0v) is 16.6. The molecule has 1 N–H and O–H groups in total. The number of carboxylic acid groups (broad SMARTS) is 1. The summed E-state index contributed by atoms with van der Waals surface area (Å²) in [6, 6.07) is 7.62. The normalized spacial score (nSPS) is 16.6. The van der Waals surface area contributed by atoms with E-state index in [-0.39, 0.29) is 17.4 Å². The molecule has 1 aliphatic heterocycles. The van der Waals surface area contributed by atoms with Gasteiger partial charge in [-0.3, -0.25) is 4.79 Å². The van der Waals surface area contributed by atoms with Crippen LogP contribution in [0.4, 0.5) is 0 Å². The lowest BCUT2D eigenvalue weighted by Gasteiger charge is -2.42. The molecule has 0 unspecified atom stereocenters. The molecule has 142 valence electrons. The molecule has 2 heterocycles. The smallest absolute Gasteiger partial charge is 0.311 e. The third-order valence-electron chi connectivity index (χ3n) is 4.88. The SMILES string of the molecule is CCc1cc2c(cc1C#Cc1ccc(CC(=O)O)o1)C(C)(C)CC(C)(C)O2. The van der Waals surface area contributed by atoms with Crippen molar-refractivity contribution in [2.24, 2.45) is 0 Å². The second kappa shape index (κ2) is 6.81. The first-order valence-electron chi connectivity index (χ1n) is 9.28. The van der Waals surface area contributed by atoms with E-state index in [0.29, 0.717) is 11.5 Å². The standard InChI is InChI=1S/C23H26O4/c1-6-15-12-20-19(22(2,3)14-23(4,5)27-20)11-16(15)7-8-17-9-10-18(26-17)13-21(24)25/h9-12H,6,13-14H2,1-5H3,(H,24,25). The van der Waals surface area contributed by atoms with Crippen LogP contribution < -0.4 is 4.74 Å². The maximum atomic E-state index is 10.8. The van der Waals surface area contributed by atoms with Crippen molar-refractivity contribution in [3.05, 3.63) is 52.5 Å². The van der Waals surface area contributed by atoms with E-state index >= 15 is 0 Å². The van der Waals surface area contributed by atoms with Crippen LogP contribution in [0.15, 0.2) is 28.7 Å². The van der Waals surface area contributed by atoms with Gasteiger partial charge in [0, 0.05) is 11.1 Å². The summed E-state index contributed by atoms with van der Waals surface area (Å²) in [6.07, 6.45) is 1.65. The molecule has 0 radical (unpaired) electrons. The first-order valence-corrected chi connectivity index (χ1v) is 9.28. The van der Waals surface area contributed by atoms with Gasteiger partial charge >= 0.3 is 5.97 Å². The molecule has 0 saturated carbocycles. The summed E-state index contributed by atoms with van der Waals surface area (Å²) in [7, 11) is 0. The van der Waals surface area contributed by atoms with Crippen molar-refractivity contribution >= 4 is 5.97 Å². The van der Waals surface area contributed by atoms with Crippen molar-refractivity contribution in [3.63, 3.8) is 0 Å². The van der Waals surface area contributed by atoms with E-state index in [0.717, 1.165) is 29.7 Å². The lowest BCUT2D eigenvalue weighted by atomic mass is 9.73. The minimum absolute atomic E-state index is 0.000869. The number of carboxylic acids is 1. The number of carbonyl (C=O) groups is 1. The molecule has 1 aromatic heterocycles. The maximum Gasteiger partial charge on any atom is 0.311 e. The third-order valence-corrected chi connectivity index (χ3v) is 4.88. The molecule has 0 aliphatic carbocycles. The number of furan rings is 1. The van der Waals surface area contributed by atoms with Gasteiger partial charge in [0.15, 0.2) is 5.76 Å². The Balaban J connectivity index is 1.98. The molecular weight excluding hydrogens is 340 g/mol. The molecule has 0 saturated heterocycles. The van der Waals surface area contributed by atoms with Gasteiger partial charge in [-0.05, 0) is 67.9 Å². The molecule has 1 aromatic carbocycles. The molecule has 0 bridgehead atoms. The molecule has 0 atom stereocenters. The van der Waals surface area contributed by atoms with Crippen molar-refractivity contribution in [1.82, 2.24) is 0 Å². The van der Waals surface area contributed by atoms with Gasteiger partial charge in [-0.1, -0.05) is 26.7 Å². The molecule has 4 heteroatoms. The Bertz CT molecular complexity index is 935. The average Bonchev–Trinajstić information content (AvgIpc) is 2.97. The van der Waals surface area contributed by atoms with Crippen LogP contribution in [-0.4, -0.2) is 16.7 Å². The minimum atomic E-state index is -0.919. The van der Waals surface area contributed by atoms with Gasteiger partial charge in [-0.15, -0.1) is 0 Å². The Morgan fingerprint density at radius 3 is 2.59 bits per heavy atom. The van der Waals surface area contributed by atoms with Crippen LogP contribution in [0.2, 0.25) is 0 Å². The van der Waals surface area contributed by atoms with Crippen LogP contribution in [0, 0.1) is 11.8 Å². The second-order valence-corrected chi connectivity index (χ2v) is 8.37. The second-order valence-electron chi connectivity index (χ2n) is 8.37. The van der Waals surface area contributed by atoms with Gasteiger partial charge in [0.2, 0.25) is 0 Å². The Morgan fingerprint density at radius 1 is 1.19 bits per heavy atom. The maximum absolute atomic E-state index is 10.8. The van der Waals surface area contributed by atoms with E-state index in [4.69, 9.17) is 14.3 Å². The number of hydrogen-bond donors (Lipinski definition) is 1. The monoisotopic (exact) mass is 366 g/mol. The highest BCUT2D eigenvalue weighted by Crippen LogP contribution is 2.45. The molecule has 0 fully saturated rings. The number of rotatable bonds is 3. The van der Waals surface area contributed by atoms with Crippen molar-refractivity contribution in [3.8, 4) is 17.6 Å². The number of hydrogen-bond acceptors (Lipinski definition) is 3. The number of fused-ring (bicyclic) bond motifs is 1. The Kier molecular flexibility index (Phi) is 4.82. The van der Waals surface area contributed by atoms with E-state index in [1.807, 2.05) is 0 Å². The fourth-order valence-corrected chi connectivity index (χ4v) is 3.96. The predicted octanol–water partition coefficient (Wildman–Crippen LogP) is 4.71. The fourth-order valence-electron chi connectivity index (χ4n) is 3.96. The van der Waals surface area contributed by atoms with Crippen LogP contribution >= 0.6 is 0 Å². The molecule has 2 aromatic rings. The van der Waals surface area contributed by atoms with Crippen LogP contribution in [-0.2, 0) is 23.1 Å². The van der Waals surface area contributed by atoms with Crippen LogP contribution in [0.5, 0.6) is 5.75 Å². The number of aryl methyl sites for hydroxylation is 1. The summed E-state index contributed by atoms with van der Waals surface area (Å²) in [6.45, 7) is 10.8. The zero-order valence-electron chi connectivity index (χ0n) is 16.6. The zero-order chi connectivity index (χ0) is 19.8. The summed E-state index contributed by atoms with van der Waals surface area (Å²) in [4.78, 5) is 10.8. The third kappa shape index (κ3) is 4.19. The summed E-state index contributed by atoms with van der Waals surface area (Å²) in [5.74, 6) is 7.15. The first-order chi connectivity index (χ1) is 12.6. The van der Waals surface area contributed by atoms with Crippen LogP contribution in [0.1, 0.15) is 69.3 Å². The number of benzene rings is 1. The molecule has 0 spiro atoms. The molecule has 3 rings (SSSR count). The van der Waals surface area contributed by atoms with E-state index in [1.165, 1.54) is 5.56 Å². The Labute approximate surface area is 160 Å². The van der Waals surface area contributed by atoms with E-state index in [9.17, 15) is 4.79 Å². The summed E-state index contributed by atoms with van der Waals surface area (Å²) >= 11 is 0. The van der Waals surface area contributed by atoms with E-state index < -0.39 is 5.97 Å². The first kappa shape index (κ1) is 19.1. The molecule has 1 aliphatic rings. The van der Waals surface area contributed by atoms with Crippen molar-refractivity contribution in [1.29, 1.82) is 0 Å². The highest BCUT2D eigenvalue weighted by Gasteiger charge is 2.39. The van der Waals surface area contributed by atoms with Crippen molar-refractivity contribution in [2.75, 3.05) is 0 Å². The highest BCUT2D eigenvalue weighted by atomic mass is 16.5. The predicted molar refractivity (Wildman–Crippen MR) is 104 cm³/mol. The summed E-state index contributed by atoms with van der Waals surface area (Å²) in [5.41, 5.74) is 3.08. The van der Waals surface area contributed by atoms with Gasteiger partial charge in [-0.2, -0.15) is 0 Å². The summed E-state index contributed by atoms with van der Waals surface area (Å²) in [5, 5.41) is 8.84. The van der Waals surface area contributed by atoms with Gasteiger partial charge in [0.1, 0.15) is 23.5 Å². The van der Waals surface area contributed by atoms with Crippen LogP contribution in [0.25, 0.3) is 0 Å². The summed E-state index contributed by atoms with van der Waals surface area (Å²) < 4.78 is 11.7. The molecule has 4 nitrogen and oxygen atoms in total. The van der Waals surface area contributed by atoms with E-state index in [2.05, 4.69) is 58.6 Å². The van der Waals surface area contributed by atoms with Crippen molar-refractivity contribution in [2.45, 2.75) is 64.9 Å². The van der Waals surface area contributed by atoms with Gasteiger partial charge in [-0.25, -0.2) is 0 Å². The lowest BCUT2D eigenvalue weighted by molar-refractivity contribution is -0.136. The Morgan fingerprint density at radius 2 is 1.93 bits per heavy atom. The highest BCUT2D eigenvalue weighted by molar-refractivity contribution is 5.69. The number of ether oxygens (including phenoxy) is 1. The molecule has 0 amide bonds. The minimum Gasteiger partial charge on any atom is -0.488 e. The van der Waals surface area contributed by atoms with E-state index in [1.54, 1.807) is 12.1 Å². The topological polar surface area (TPSA) is 59.7 Å². The Hall–Kier alpha value is -2.67. The average molecular weight is 366 g/mol. The number of aliphatic carboxylic acids is 1. The molecule has 27 heavy (non-hydrogen) atoms. The molecular formula is C23H26O4. The van der Waals surface area contributed by atoms with Crippen molar-refractivity contribution < 1.29 is 19.1 Å². The van der Waals surface area contributed by atoms with Crippen LogP contribution in [0.3, 0.4) is 0 Å². The van der Waals surface area contributed by atoms with Gasteiger partial charge < -0.3 is 14.3 Å². The fraction of sp³-hybridized carbons (Fsp3) is 0.435.